The second-order valence-corrected chi connectivity index (χ2v) is 5.64. The molecule has 2 heteroatoms. The number of likely N-dealkylation sites (N-methyl/N-ethyl adjacent to an activating group) is 1. The molecule has 1 heterocycles. The molecule has 0 aromatic heterocycles. The van der Waals surface area contributed by atoms with Crippen molar-refractivity contribution in [3.8, 4) is 0 Å². The van der Waals surface area contributed by atoms with E-state index in [1.54, 1.807) is 0 Å². The van der Waals surface area contributed by atoms with Crippen LogP contribution in [0.15, 0.2) is 18.2 Å². The lowest BCUT2D eigenvalue weighted by molar-refractivity contribution is 0.471. The molecule has 1 saturated carbocycles. The highest BCUT2D eigenvalue weighted by Gasteiger charge is 2.39. The lowest BCUT2D eigenvalue weighted by Gasteiger charge is -2.43. The Hall–Kier alpha value is -1.18. The normalized spacial score (nSPS) is 21.4. The van der Waals surface area contributed by atoms with Gasteiger partial charge in [0.15, 0.2) is 0 Å². The highest BCUT2D eigenvalue weighted by Crippen LogP contribution is 2.42. The van der Waals surface area contributed by atoms with E-state index in [-0.39, 0.29) is 0 Å². The van der Waals surface area contributed by atoms with Crippen molar-refractivity contribution < 1.29 is 0 Å². The van der Waals surface area contributed by atoms with Crippen LogP contribution in [0.2, 0.25) is 0 Å². The molecular weight excluding hydrogens is 208 g/mol. The minimum atomic E-state index is 0.355. The number of fused-ring (bicyclic) bond motifs is 1. The summed E-state index contributed by atoms with van der Waals surface area (Å²) in [6.07, 6.45) is 6.52. The zero-order chi connectivity index (χ0) is 11.9. The lowest BCUT2D eigenvalue weighted by Crippen LogP contribution is -2.49. The Balaban J connectivity index is 2.01. The monoisotopic (exact) mass is 230 g/mol. The summed E-state index contributed by atoms with van der Waals surface area (Å²) in [4.78, 5) is 2.47. The Kier molecular flexibility index (Phi) is 2.53. The summed E-state index contributed by atoms with van der Waals surface area (Å²) in [5.41, 5.74) is 4.59. The van der Waals surface area contributed by atoms with Gasteiger partial charge in [0.25, 0.3) is 0 Å². The number of hydrogen-bond acceptors (Lipinski definition) is 2. The molecular formula is C15H22N2. The molecule has 0 saturated heterocycles. The molecule has 17 heavy (non-hydrogen) atoms. The molecule has 1 aliphatic carbocycles. The highest BCUT2D eigenvalue weighted by atomic mass is 15.2. The van der Waals surface area contributed by atoms with Gasteiger partial charge in [-0.2, -0.15) is 0 Å². The topological polar surface area (TPSA) is 15.3 Å². The van der Waals surface area contributed by atoms with E-state index in [1.807, 2.05) is 0 Å². The molecule has 0 atom stereocenters. The maximum absolute atomic E-state index is 3.84. The Morgan fingerprint density at radius 3 is 2.76 bits per heavy atom. The SMILES string of the molecule is CCc1cccc2c1N(C)CC1(CCCC1)N2. The van der Waals surface area contributed by atoms with E-state index >= 15 is 0 Å². The average Bonchev–Trinajstić information content (AvgIpc) is 2.76. The van der Waals surface area contributed by atoms with Crippen molar-refractivity contribution in [2.45, 2.75) is 44.6 Å². The molecule has 92 valence electrons. The van der Waals surface area contributed by atoms with Crippen molar-refractivity contribution in [3.63, 3.8) is 0 Å². The van der Waals surface area contributed by atoms with Crippen molar-refractivity contribution in [2.24, 2.45) is 0 Å². The molecule has 0 unspecified atom stereocenters. The van der Waals surface area contributed by atoms with Gasteiger partial charge in [-0.25, -0.2) is 0 Å². The fourth-order valence-electron chi connectivity index (χ4n) is 3.62. The van der Waals surface area contributed by atoms with Crippen LogP contribution in [0.5, 0.6) is 0 Å². The van der Waals surface area contributed by atoms with Gasteiger partial charge in [0, 0.05) is 13.6 Å². The van der Waals surface area contributed by atoms with E-state index in [0.717, 1.165) is 13.0 Å². The van der Waals surface area contributed by atoms with Crippen molar-refractivity contribution in [1.29, 1.82) is 0 Å². The smallest absolute Gasteiger partial charge is 0.0632 e. The number of rotatable bonds is 1. The first-order valence-electron chi connectivity index (χ1n) is 6.85. The first-order valence-corrected chi connectivity index (χ1v) is 6.85. The van der Waals surface area contributed by atoms with E-state index < -0.39 is 0 Å². The molecule has 3 rings (SSSR count). The Morgan fingerprint density at radius 2 is 2.06 bits per heavy atom. The lowest BCUT2D eigenvalue weighted by atomic mass is 9.92. The first-order chi connectivity index (χ1) is 8.24. The molecule has 1 aliphatic heterocycles. The molecule has 1 aromatic rings. The van der Waals surface area contributed by atoms with Crippen LogP contribution in [0.1, 0.15) is 38.2 Å². The minimum Gasteiger partial charge on any atom is -0.376 e. The fourth-order valence-corrected chi connectivity index (χ4v) is 3.62. The van der Waals surface area contributed by atoms with E-state index in [9.17, 15) is 0 Å². The number of para-hydroxylation sites is 1. The van der Waals surface area contributed by atoms with Crippen molar-refractivity contribution in [1.82, 2.24) is 0 Å². The van der Waals surface area contributed by atoms with Gasteiger partial charge < -0.3 is 10.2 Å². The molecule has 1 aromatic carbocycles. The third kappa shape index (κ3) is 1.70. The predicted molar refractivity (Wildman–Crippen MR) is 73.9 cm³/mol. The van der Waals surface area contributed by atoms with Crippen LogP contribution < -0.4 is 10.2 Å². The number of hydrogen-bond donors (Lipinski definition) is 1. The molecule has 0 radical (unpaired) electrons. The molecule has 0 bridgehead atoms. The highest BCUT2D eigenvalue weighted by molar-refractivity contribution is 5.77. The molecule has 2 aliphatic rings. The maximum atomic E-state index is 3.84. The van der Waals surface area contributed by atoms with Crippen LogP contribution in [-0.2, 0) is 6.42 Å². The van der Waals surface area contributed by atoms with E-state index in [2.05, 4.69) is 42.4 Å². The van der Waals surface area contributed by atoms with Crippen LogP contribution in [0.4, 0.5) is 11.4 Å². The maximum Gasteiger partial charge on any atom is 0.0632 e. The summed E-state index contributed by atoms with van der Waals surface area (Å²) >= 11 is 0. The van der Waals surface area contributed by atoms with Crippen molar-refractivity contribution >= 4 is 11.4 Å². The van der Waals surface area contributed by atoms with Gasteiger partial charge >= 0.3 is 0 Å². The van der Waals surface area contributed by atoms with Crippen molar-refractivity contribution in [3.05, 3.63) is 23.8 Å². The third-order valence-electron chi connectivity index (χ3n) is 4.38. The van der Waals surface area contributed by atoms with Gasteiger partial charge in [-0.15, -0.1) is 0 Å². The van der Waals surface area contributed by atoms with Gasteiger partial charge in [-0.3, -0.25) is 0 Å². The number of aryl methyl sites for hydroxylation is 1. The number of nitrogens with zero attached hydrogens (tertiary/aromatic N) is 1. The van der Waals surface area contributed by atoms with Crippen LogP contribution in [0, 0.1) is 0 Å². The van der Waals surface area contributed by atoms with E-state index in [0.29, 0.717) is 5.54 Å². The van der Waals surface area contributed by atoms with E-state index in [4.69, 9.17) is 0 Å². The Bertz CT molecular complexity index is 419. The third-order valence-corrected chi connectivity index (χ3v) is 4.38. The van der Waals surface area contributed by atoms with Crippen molar-refractivity contribution in [2.75, 3.05) is 23.8 Å². The van der Waals surface area contributed by atoms with Gasteiger partial charge in [-0.1, -0.05) is 31.9 Å². The summed E-state index contributed by atoms with van der Waals surface area (Å²) in [6.45, 7) is 3.40. The second kappa shape index (κ2) is 3.94. The largest absolute Gasteiger partial charge is 0.376 e. The minimum absolute atomic E-state index is 0.355. The fraction of sp³-hybridized carbons (Fsp3) is 0.600. The van der Waals surface area contributed by atoms with Crippen LogP contribution >= 0.6 is 0 Å². The first kappa shape index (κ1) is 10.9. The molecule has 0 amide bonds. The van der Waals surface area contributed by atoms with Gasteiger partial charge in [0.1, 0.15) is 0 Å². The summed E-state index contributed by atoms with van der Waals surface area (Å²) in [5, 5.41) is 3.84. The Morgan fingerprint density at radius 1 is 1.29 bits per heavy atom. The van der Waals surface area contributed by atoms with Crippen LogP contribution in [0.25, 0.3) is 0 Å². The summed E-state index contributed by atoms with van der Waals surface area (Å²) in [6, 6.07) is 6.68. The Labute approximate surface area is 104 Å². The van der Waals surface area contributed by atoms with Gasteiger partial charge in [0.05, 0.1) is 16.9 Å². The quantitative estimate of drug-likeness (QED) is 0.795. The average molecular weight is 230 g/mol. The standard InChI is InChI=1S/C15H22N2/c1-3-12-7-6-8-13-14(12)17(2)11-15(16-13)9-4-5-10-15/h6-8,16H,3-5,9-11H2,1-2H3. The van der Waals surface area contributed by atoms with E-state index in [1.165, 1.54) is 42.6 Å². The predicted octanol–water partition coefficient (Wildman–Crippen LogP) is 3.42. The molecule has 1 N–H and O–H groups in total. The molecule has 1 spiro atoms. The summed E-state index contributed by atoms with van der Waals surface area (Å²) in [5.74, 6) is 0. The zero-order valence-corrected chi connectivity index (χ0v) is 10.9. The number of nitrogens with one attached hydrogen (secondary N) is 1. The summed E-state index contributed by atoms with van der Waals surface area (Å²) < 4.78 is 0. The second-order valence-electron chi connectivity index (χ2n) is 5.64. The van der Waals surface area contributed by atoms with Gasteiger partial charge in [0.2, 0.25) is 0 Å². The number of anilines is 2. The number of benzene rings is 1. The summed E-state index contributed by atoms with van der Waals surface area (Å²) in [7, 11) is 2.25. The van der Waals surface area contributed by atoms with Gasteiger partial charge in [-0.05, 0) is 30.9 Å². The molecule has 2 nitrogen and oxygen atoms in total. The van der Waals surface area contributed by atoms with Crippen LogP contribution in [-0.4, -0.2) is 19.1 Å². The zero-order valence-electron chi connectivity index (χ0n) is 10.9. The molecule has 1 fully saturated rings. The van der Waals surface area contributed by atoms with Crippen LogP contribution in [0.3, 0.4) is 0 Å².